The summed E-state index contributed by atoms with van der Waals surface area (Å²) in [5, 5.41) is 11.1. The summed E-state index contributed by atoms with van der Waals surface area (Å²) in [7, 11) is 0. The summed E-state index contributed by atoms with van der Waals surface area (Å²) in [5.74, 6) is -1.51. The number of para-hydroxylation sites is 1. The second kappa shape index (κ2) is 8.43. The van der Waals surface area contributed by atoms with E-state index in [2.05, 4.69) is 0 Å². The van der Waals surface area contributed by atoms with E-state index < -0.39 is 18.4 Å². The average Bonchev–Trinajstić information content (AvgIpc) is 3.17. The minimum absolute atomic E-state index is 0.236. The van der Waals surface area contributed by atoms with Gasteiger partial charge in [0.15, 0.2) is 0 Å². The number of carboxylic acid groups (broad SMARTS) is 1. The number of amides is 1. The summed E-state index contributed by atoms with van der Waals surface area (Å²) in [4.78, 5) is 25.1. The number of benzene rings is 2. The van der Waals surface area contributed by atoms with Crippen LogP contribution in [0.1, 0.15) is 11.1 Å². The molecule has 1 N–H and O–H groups in total. The summed E-state index contributed by atoms with van der Waals surface area (Å²) >= 11 is 19.0. The molecular formula is C21H14Cl2N2O3S2. The molecular weight excluding hydrogens is 463 g/mol. The van der Waals surface area contributed by atoms with Gasteiger partial charge in [0.1, 0.15) is 10.9 Å². The molecule has 1 saturated heterocycles. The van der Waals surface area contributed by atoms with Crippen LogP contribution in [0.2, 0.25) is 10.0 Å². The van der Waals surface area contributed by atoms with Gasteiger partial charge in [-0.3, -0.25) is 14.5 Å². The fourth-order valence-electron chi connectivity index (χ4n) is 3.29. The smallest absolute Gasteiger partial charge is 0.323 e. The van der Waals surface area contributed by atoms with Crippen LogP contribution in [0, 0.1) is 0 Å². The Kier molecular flexibility index (Phi) is 5.88. The van der Waals surface area contributed by atoms with E-state index in [1.54, 1.807) is 24.3 Å². The maximum atomic E-state index is 12.6. The normalized spacial score (nSPS) is 15.5. The number of aliphatic carboxylic acids is 1. The standard InChI is InChI=1S/C21H14Cl2N2O3S2/c22-15-5-3-6-16(23)14(15)10-24-9-12(13-4-1-2-7-17(13)24)8-18-20(28)25(11-19(26)27)21(29)30-18/h1-9H,10-11H2,(H,26,27)/b18-8-. The van der Waals surface area contributed by atoms with Gasteiger partial charge in [0.25, 0.3) is 5.91 Å². The number of hydrogen-bond donors (Lipinski definition) is 1. The molecule has 4 rings (SSSR count). The van der Waals surface area contributed by atoms with Crippen molar-refractivity contribution in [3.63, 3.8) is 0 Å². The number of aromatic nitrogens is 1. The zero-order valence-electron chi connectivity index (χ0n) is 15.3. The Morgan fingerprint density at radius 2 is 1.83 bits per heavy atom. The van der Waals surface area contributed by atoms with Crippen molar-refractivity contribution in [1.82, 2.24) is 9.47 Å². The monoisotopic (exact) mass is 476 g/mol. The van der Waals surface area contributed by atoms with Crippen molar-refractivity contribution in [2.24, 2.45) is 0 Å². The summed E-state index contributed by atoms with van der Waals surface area (Å²) in [6.45, 7) is 0.0155. The van der Waals surface area contributed by atoms with Crippen LogP contribution in [0.5, 0.6) is 0 Å². The Balaban J connectivity index is 1.75. The highest BCUT2D eigenvalue weighted by molar-refractivity contribution is 8.26. The lowest BCUT2D eigenvalue weighted by Crippen LogP contribution is -2.33. The van der Waals surface area contributed by atoms with E-state index in [1.807, 2.05) is 35.0 Å². The molecule has 9 heteroatoms. The maximum absolute atomic E-state index is 12.6. The Bertz CT molecular complexity index is 1220. The van der Waals surface area contributed by atoms with Gasteiger partial charge in [0, 0.05) is 38.3 Å². The van der Waals surface area contributed by atoms with E-state index in [0.29, 0.717) is 21.5 Å². The molecule has 3 aromatic rings. The fraction of sp³-hybridized carbons (Fsp3) is 0.0952. The van der Waals surface area contributed by atoms with Gasteiger partial charge >= 0.3 is 5.97 Å². The van der Waals surface area contributed by atoms with Crippen LogP contribution in [-0.2, 0) is 16.1 Å². The van der Waals surface area contributed by atoms with Crippen LogP contribution in [0.4, 0.5) is 0 Å². The first-order valence-electron chi connectivity index (χ1n) is 8.83. The first-order chi connectivity index (χ1) is 14.3. The molecule has 0 spiro atoms. The molecule has 0 bridgehead atoms. The molecule has 1 aliphatic rings. The van der Waals surface area contributed by atoms with E-state index >= 15 is 0 Å². The van der Waals surface area contributed by atoms with Crippen molar-refractivity contribution in [3.05, 3.63) is 74.7 Å². The van der Waals surface area contributed by atoms with E-state index in [1.165, 1.54) is 0 Å². The van der Waals surface area contributed by atoms with Crippen molar-refractivity contribution in [3.8, 4) is 0 Å². The van der Waals surface area contributed by atoms with Gasteiger partial charge < -0.3 is 9.67 Å². The van der Waals surface area contributed by atoms with Crippen molar-refractivity contribution in [2.75, 3.05) is 6.54 Å². The summed E-state index contributed by atoms with van der Waals surface area (Å²) in [6.07, 6.45) is 3.67. The van der Waals surface area contributed by atoms with Crippen LogP contribution >= 0.6 is 47.2 Å². The van der Waals surface area contributed by atoms with E-state index in [4.69, 9.17) is 40.5 Å². The van der Waals surface area contributed by atoms with Crippen LogP contribution in [0.15, 0.2) is 53.6 Å². The Morgan fingerprint density at radius 3 is 2.53 bits per heavy atom. The Labute approximate surface area is 191 Å². The third-order valence-corrected chi connectivity index (χ3v) is 6.75. The highest BCUT2D eigenvalue weighted by atomic mass is 35.5. The van der Waals surface area contributed by atoms with E-state index in [-0.39, 0.29) is 4.32 Å². The molecule has 5 nitrogen and oxygen atoms in total. The van der Waals surface area contributed by atoms with Gasteiger partial charge in [-0.1, -0.05) is 71.4 Å². The summed E-state index contributed by atoms with van der Waals surface area (Å²) in [5.41, 5.74) is 2.59. The zero-order chi connectivity index (χ0) is 21.4. The number of fused-ring (bicyclic) bond motifs is 1. The Morgan fingerprint density at radius 1 is 1.13 bits per heavy atom. The number of carbonyl (C=O) groups is 2. The van der Waals surface area contributed by atoms with Crippen LogP contribution in [0.25, 0.3) is 17.0 Å². The molecule has 1 amide bonds. The lowest BCUT2D eigenvalue weighted by molar-refractivity contribution is -0.140. The molecule has 2 heterocycles. The molecule has 1 aromatic heterocycles. The van der Waals surface area contributed by atoms with Gasteiger partial charge in [-0.2, -0.15) is 0 Å². The molecule has 0 unspecified atom stereocenters. The number of halogens is 2. The van der Waals surface area contributed by atoms with Gasteiger partial charge in [-0.25, -0.2) is 0 Å². The van der Waals surface area contributed by atoms with Crippen molar-refractivity contribution >= 4 is 80.4 Å². The summed E-state index contributed by atoms with van der Waals surface area (Å²) < 4.78 is 2.26. The lowest BCUT2D eigenvalue weighted by atomic mass is 10.1. The van der Waals surface area contributed by atoms with E-state index in [9.17, 15) is 9.59 Å². The number of carbonyl (C=O) groups excluding carboxylic acids is 1. The number of rotatable bonds is 5. The molecule has 0 aliphatic carbocycles. The van der Waals surface area contributed by atoms with Crippen LogP contribution in [0.3, 0.4) is 0 Å². The molecule has 30 heavy (non-hydrogen) atoms. The predicted octanol–water partition coefficient (Wildman–Crippen LogP) is 5.28. The highest BCUT2D eigenvalue weighted by Crippen LogP contribution is 2.35. The molecule has 152 valence electrons. The number of nitrogens with zero attached hydrogens (tertiary/aromatic N) is 2. The van der Waals surface area contributed by atoms with Crippen molar-refractivity contribution in [2.45, 2.75) is 6.54 Å². The van der Waals surface area contributed by atoms with Crippen molar-refractivity contribution in [1.29, 1.82) is 0 Å². The third-order valence-electron chi connectivity index (χ3n) is 4.66. The maximum Gasteiger partial charge on any atom is 0.323 e. The molecule has 1 aliphatic heterocycles. The van der Waals surface area contributed by atoms with Gasteiger partial charge in [-0.05, 0) is 24.3 Å². The quantitative estimate of drug-likeness (QED) is 0.400. The largest absolute Gasteiger partial charge is 0.480 e. The number of thioether (sulfide) groups is 1. The van der Waals surface area contributed by atoms with Gasteiger partial charge in [-0.15, -0.1) is 0 Å². The topological polar surface area (TPSA) is 62.5 Å². The van der Waals surface area contributed by atoms with Crippen LogP contribution < -0.4 is 0 Å². The van der Waals surface area contributed by atoms with Crippen molar-refractivity contribution < 1.29 is 14.7 Å². The van der Waals surface area contributed by atoms with Gasteiger partial charge in [0.2, 0.25) is 0 Å². The first kappa shape index (κ1) is 20.9. The molecule has 1 fully saturated rings. The Hall–Kier alpha value is -2.32. The second-order valence-corrected chi connectivity index (χ2v) is 9.08. The zero-order valence-corrected chi connectivity index (χ0v) is 18.5. The van der Waals surface area contributed by atoms with Crippen LogP contribution in [-0.4, -0.2) is 37.3 Å². The predicted molar refractivity (Wildman–Crippen MR) is 125 cm³/mol. The number of hydrogen-bond acceptors (Lipinski definition) is 4. The molecule has 0 saturated carbocycles. The minimum Gasteiger partial charge on any atom is -0.480 e. The van der Waals surface area contributed by atoms with E-state index in [0.717, 1.165) is 38.7 Å². The second-order valence-electron chi connectivity index (χ2n) is 6.59. The molecule has 0 atom stereocenters. The lowest BCUT2D eigenvalue weighted by Gasteiger charge is -2.10. The van der Waals surface area contributed by atoms with Gasteiger partial charge in [0.05, 0.1) is 11.4 Å². The fourth-order valence-corrected chi connectivity index (χ4v) is 5.05. The SMILES string of the molecule is O=C(O)CN1C(=O)/C(=C/c2cn(Cc3c(Cl)cccc3Cl)c3ccccc23)SC1=S. The first-order valence-corrected chi connectivity index (χ1v) is 10.8. The summed E-state index contributed by atoms with van der Waals surface area (Å²) in [6, 6.07) is 13.2. The third kappa shape index (κ3) is 3.98. The number of thiocarbonyl (C=S) groups is 1. The molecule has 2 aromatic carbocycles. The average molecular weight is 477 g/mol. The molecule has 0 radical (unpaired) electrons. The highest BCUT2D eigenvalue weighted by Gasteiger charge is 2.33. The minimum atomic E-state index is -1.11. The number of carboxylic acids is 1.